The summed E-state index contributed by atoms with van der Waals surface area (Å²) in [6, 6.07) is 10.1. The smallest absolute Gasteiger partial charge is 0.330 e. The number of para-hydroxylation sites is 1. The van der Waals surface area contributed by atoms with Crippen LogP contribution in [0.3, 0.4) is 0 Å². The van der Waals surface area contributed by atoms with Crippen LogP contribution in [0.15, 0.2) is 46.1 Å². The van der Waals surface area contributed by atoms with Crippen molar-refractivity contribution in [2.45, 2.75) is 6.54 Å². The SMILES string of the molecule is Cn1ccc(=O)n(CCOc2ccccc2C#N)c1=O. The van der Waals surface area contributed by atoms with Crippen LogP contribution in [-0.2, 0) is 13.6 Å². The third-order valence-electron chi connectivity index (χ3n) is 2.82. The molecule has 20 heavy (non-hydrogen) atoms. The Morgan fingerprint density at radius 3 is 2.75 bits per heavy atom. The zero-order valence-corrected chi connectivity index (χ0v) is 10.9. The summed E-state index contributed by atoms with van der Waals surface area (Å²) in [6.07, 6.45) is 1.42. The first-order valence-corrected chi connectivity index (χ1v) is 6.02. The molecule has 1 heterocycles. The summed E-state index contributed by atoms with van der Waals surface area (Å²) in [4.78, 5) is 23.4. The molecule has 0 N–H and O–H groups in total. The number of ether oxygens (including phenoxy) is 1. The number of hydrogen-bond donors (Lipinski definition) is 0. The van der Waals surface area contributed by atoms with Gasteiger partial charge in [0.25, 0.3) is 5.56 Å². The lowest BCUT2D eigenvalue weighted by Gasteiger charge is -2.09. The summed E-state index contributed by atoms with van der Waals surface area (Å²) in [6.45, 7) is 0.268. The molecule has 0 aliphatic heterocycles. The molecule has 0 spiro atoms. The topological polar surface area (TPSA) is 77.0 Å². The summed E-state index contributed by atoms with van der Waals surface area (Å²) in [7, 11) is 1.57. The lowest BCUT2D eigenvalue weighted by atomic mass is 10.2. The molecular weight excluding hydrogens is 258 g/mol. The summed E-state index contributed by atoms with van der Waals surface area (Å²) in [5.41, 5.74) is -0.347. The second-order valence-corrected chi connectivity index (χ2v) is 4.16. The number of rotatable bonds is 4. The molecule has 6 nitrogen and oxygen atoms in total. The fraction of sp³-hybridized carbons (Fsp3) is 0.214. The van der Waals surface area contributed by atoms with Gasteiger partial charge >= 0.3 is 5.69 Å². The van der Waals surface area contributed by atoms with Crippen LogP contribution in [0.4, 0.5) is 0 Å². The van der Waals surface area contributed by atoms with Gasteiger partial charge < -0.3 is 9.30 Å². The van der Waals surface area contributed by atoms with Gasteiger partial charge in [-0.2, -0.15) is 5.26 Å². The van der Waals surface area contributed by atoms with E-state index >= 15 is 0 Å². The highest BCUT2D eigenvalue weighted by atomic mass is 16.5. The Hall–Kier alpha value is -2.81. The molecule has 1 aromatic carbocycles. The van der Waals surface area contributed by atoms with Gasteiger partial charge in [0.05, 0.1) is 12.1 Å². The molecule has 0 aliphatic carbocycles. The Labute approximate surface area is 115 Å². The molecule has 0 radical (unpaired) electrons. The van der Waals surface area contributed by atoms with E-state index < -0.39 is 5.69 Å². The maximum Gasteiger partial charge on any atom is 0.330 e. The molecule has 6 heteroatoms. The van der Waals surface area contributed by atoms with Crippen LogP contribution in [-0.4, -0.2) is 15.7 Å². The number of nitrogens with zero attached hydrogens (tertiary/aromatic N) is 3. The molecule has 0 atom stereocenters. The van der Waals surface area contributed by atoms with Crippen molar-refractivity contribution in [3.05, 3.63) is 62.9 Å². The molecular formula is C14H13N3O3. The molecule has 0 amide bonds. The monoisotopic (exact) mass is 271 g/mol. The molecule has 0 aliphatic rings. The second kappa shape index (κ2) is 5.89. The van der Waals surface area contributed by atoms with Crippen molar-refractivity contribution in [2.75, 3.05) is 6.61 Å². The first-order chi connectivity index (χ1) is 9.63. The zero-order chi connectivity index (χ0) is 14.5. The zero-order valence-electron chi connectivity index (χ0n) is 10.9. The Bertz CT molecular complexity index is 768. The highest BCUT2D eigenvalue weighted by Crippen LogP contribution is 2.16. The molecule has 0 bridgehead atoms. The maximum atomic E-state index is 11.8. The van der Waals surface area contributed by atoms with Gasteiger partial charge in [-0.3, -0.25) is 9.36 Å². The van der Waals surface area contributed by atoms with E-state index in [4.69, 9.17) is 10.00 Å². The van der Waals surface area contributed by atoms with Crippen molar-refractivity contribution in [1.82, 2.24) is 9.13 Å². The van der Waals surface area contributed by atoms with E-state index in [9.17, 15) is 9.59 Å². The molecule has 102 valence electrons. The minimum Gasteiger partial charge on any atom is -0.490 e. The van der Waals surface area contributed by atoms with Crippen LogP contribution < -0.4 is 16.0 Å². The molecule has 0 unspecified atom stereocenters. The van der Waals surface area contributed by atoms with Crippen LogP contribution in [0.1, 0.15) is 5.56 Å². The van der Waals surface area contributed by atoms with Gasteiger partial charge in [-0.25, -0.2) is 4.79 Å². The van der Waals surface area contributed by atoms with E-state index in [1.807, 2.05) is 6.07 Å². The lowest BCUT2D eigenvalue weighted by Crippen LogP contribution is -2.39. The largest absolute Gasteiger partial charge is 0.490 e. The van der Waals surface area contributed by atoms with Crippen molar-refractivity contribution in [2.24, 2.45) is 7.05 Å². The number of aryl methyl sites for hydroxylation is 1. The van der Waals surface area contributed by atoms with Crippen molar-refractivity contribution < 1.29 is 4.74 Å². The molecule has 0 fully saturated rings. The van der Waals surface area contributed by atoms with Gasteiger partial charge in [-0.1, -0.05) is 12.1 Å². The van der Waals surface area contributed by atoms with E-state index in [2.05, 4.69) is 0 Å². The van der Waals surface area contributed by atoms with Crippen LogP contribution in [0, 0.1) is 11.3 Å². The fourth-order valence-corrected chi connectivity index (χ4v) is 1.75. The average Bonchev–Trinajstić information content (AvgIpc) is 2.47. The minimum atomic E-state index is -0.394. The van der Waals surface area contributed by atoms with Crippen LogP contribution in [0.25, 0.3) is 0 Å². The highest BCUT2D eigenvalue weighted by molar-refractivity contribution is 5.42. The normalized spacial score (nSPS) is 10.0. The van der Waals surface area contributed by atoms with Crippen LogP contribution in [0.5, 0.6) is 5.75 Å². The fourth-order valence-electron chi connectivity index (χ4n) is 1.75. The minimum absolute atomic E-state index is 0.131. The standard InChI is InChI=1S/C14H13N3O3/c1-16-7-6-13(18)17(14(16)19)8-9-20-12-5-3-2-4-11(12)10-15/h2-7H,8-9H2,1H3. The van der Waals surface area contributed by atoms with E-state index in [1.54, 1.807) is 31.3 Å². The highest BCUT2D eigenvalue weighted by Gasteiger charge is 2.05. The summed E-state index contributed by atoms with van der Waals surface area (Å²) < 4.78 is 7.87. The number of aromatic nitrogens is 2. The second-order valence-electron chi connectivity index (χ2n) is 4.16. The van der Waals surface area contributed by atoms with Gasteiger partial charge in [-0.05, 0) is 12.1 Å². The Balaban J connectivity index is 2.12. The quantitative estimate of drug-likeness (QED) is 0.811. The van der Waals surface area contributed by atoms with Gasteiger partial charge in [0.1, 0.15) is 18.4 Å². The van der Waals surface area contributed by atoms with Crippen LogP contribution >= 0.6 is 0 Å². The number of hydrogen-bond acceptors (Lipinski definition) is 4. The molecule has 0 saturated heterocycles. The van der Waals surface area contributed by atoms with Gasteiger partial charge in [0.2, 0.25) is 0 Å². The van der Waals surface area contributed by atoms with Gasteiger partial charge in [-0.15, -0.1) is 0 Å². The predicted octanol–water partition coefficient (Wildman–Crippen LogP) is 0.498. The van der Waals surface area contributed by atoms with E-state index in [-0.39, 0.29) is 18.7 Å². The summed E-state index contributed by atoms with van der Waals surface area (Å²) >= 11 is 0. The molecule has 0 saturated carbocycles. The third kappa shape index (κ3) is 2.78. The maximum absolute atomic E-state index is 11.8. The van der Waals surface area contributed by atoms with E-state index in [1.165, 1.54) is 16.8 Å². The van der Waals surface area contributed by atoms with Gasteiger partial charge in [0.15, 0.2) is 0 Å². The molecule has 2 rings (SSSR count). The first kappa shape index (κ1) is 13.6. The Kier molecular flexibility index (Phi) is 4.01. The molecule has 1 aromatic heterocycles. The van der Waals surface area contributed by atoms with E-state index in [0.29, 0.717) is 11.3 Å². The summed E-state index contributed by atoms with van der Waals surface area (Å²) in [5, 5.41) is 8.92. The molecule has 2 aromatic rings. The van der Waals surface area contributed by atoms with E-state index in [0.717, 1.165) is 4.57 Å². The predicted molar refractivity (Wildman–Crippen MR) is 72.6 cm³/mol. The van der Waals surface area contributed by atoms with Crippen molar-refractivity contribution in [3.63, 3.8) is 0 Å². The Morgan fingerprint density at radius 2 is 2.00 bits per heavy atom. The first-order valence-electron chi connectivity index (χ1n) is 6.02. The van der Waals surface area contributed by atoms with Crippen molar-refractivity contribution in [3.8, 4) is 11.8 Å². The van der Waals surface area contributed by atoms with Gasteiger partial charge in [0, 0.05) is 19.3 Å². The average molecular weight is 271 g/mol. The summed E-state index contributed by atoms with van der Waals surface area (Å²) in [5.74, 6) is 0.441. The van der Waals surface area contributed by atoms with Crippen molar-refractivity contribution in [1.29, 1.82) is 5.26 Å². The lowest BCUT2D eigenvalue weighted by molar-refractivity contribution is 0.291. The van der Waals surface area contributed by atoms with Crippen LogP contribution in [0.2, 0.25) is 0 Å². The number of nitriles is 1. The number of benzene rings is 1. The Morgan fingerprint density at radius 1 is 1.25 bits per heavy atom. The third-order valence-corrected chi connectivity index (χ3v) is 2.82. The van der Waals surface area contributed by atoms with Crippen molar-refractivity contribution >= 4 is 0 Å².